The van der Waals surface area contributed by atoms with Crippen LogP contribution >= 0.6 is 0 Å². The number of carboxylic acids is 1. The fraction of sp³-hybridized carbons (Fsp3) is 0.533. The van der Waals surface area contributed by atoms with E-state index in [4.69, 9.17) is 9.84 Å². The van der Waals surface area contributed by atoms with E-state index in [0.717, 1.165) is 18.8 Å². The van der Waals surface area contributed by atoms with E-state index in [9.17, 15) is 4.79 Å². The Morgan fingerprint density at radius 2 is 2.00 bits per heavy atom. The van der Waals surface area contributed by atoms with Gasteiger partial charge in [0.15, 0.2) is 0 Å². The van der Waals surface area contributed by atoms with E-state index in [0.29, 0.717) is 6.61 Å². The molecule has 0 radical (unpaired) electrons. The first kappa shape index (κ1) is 15.5. The topological polar surface area (TPSA) is 49.8 Å². The van der Waals surface area contributed by atoms with Crippen LogP contribution in [0.5, 0.6) is 5.75 Å². The molecule has 0 bridgehead atoms. The summed E-state index contributed by atoms with van der Waals surface area (Å²) in [6.45, 7) is 8.13. The molecule has 0 fully saturated rings. The molecule has 1 unspecified atom stereocenters. The van der Waals surface area contributed by atoms with Gasteiger partial charge in [-0.2, -0.15) is 0 Å². The van der Waals surface area contributed by atoms with E-state index in [-0.39, 0.29) is 12.5 Å². The Bertz CT molecular complexity index is 389. The second-order valence-corrected chi connectivity index (χ2v) is 4.74. The molecule has 0 aliphatic rings. The molecule has 0 spiro atoms. The zero-order valence-corrected chi connectivity index (χ0v) is 11.9. The van der Waals surface area contributed by atoms with E-state index in [1.807, 2.05) is 45.0 Å². The number of rotatable bonds is 8. The fourth-order valence-electron chi connectivity index (χ4n) is 1.99. The van der Waals surface area contributed by atoms with Gasteiger partial charge in [0.05, 0.1) is 6.42 Å². The number of ether oxygens (including phenoxy) is 1. The van der Waals surface area contributed by atoms with Gasteiger partial charge in [0.25, 0.3) is 0 Å². The first-order valence-corrected chi connectivity index (χ1v) is 6.68. The lowest BCUT2D eigenvalue weighted by Crippen LogP contribution is -2.37. The number of aryl methyl sites for hydroxylation is 1. The maximum atomic E-state index is 10.7. The highest BCUT2D eigenvalue weighted by atomic mass is 16.5. The Morgan fingerprint density at radius 3 is 2.53 bits per heavy atom. The van der Waals surface area contributed by atoms with Gasteiger partial charge in [-0.3, -0.25) is 9.69 Å². The molecule has 1 aromatic carbocycles. The summed E-state index contributed by atoms with van der Waals surface area (Å²) in [5.74, 6) is 0.0953. The number of nitrogens with zero attached hydrogens (tertiary/aromatic N) is 1. The number of hydrogen-bond acceptors (Lipinski definition) is 3. The van der Waals surface area contributed by atoms with Crippen LogP contribution in [0, 0.1) is 6.92 Å². The predicted octanol–water partition coefficient (Wildman–Crippen LogP) is 2.56. The van der Waals surface area contributed by atoms with Crippen molar-refractivity contribution < 1.29 is 14.6 Å². The quantitative estimate of drug-likeness (QED) is 0.785. The van der Waals surface area contributed by atoms with Crippen LogP contribution in [0.4, 0.5) is 0 Å². The summed E-state index contributed by atoms with van der Waals surface area (Å²) in [6, 6.07) is 7.96. The molecule has 0 heterocycles. The molecule has 4 heteroatoms. The summed E-state index contributed by atoms with van der Waals surface area (Å²) in [5.41, 5.74) is 1.21. The van der Waals surface area contributed by atoms with Gasteiger partial charge in [-0.15, -0.1) is 0 Å². The van der Waals surface area contributed by atoms with Crippen LogP contribution in [0.25, 0.3) is 0 Å². The maximum absolute atomic E-state index is 10.7. The van der Waals surface area contributed by atoms with Crippen molar-refractivity contribution in [2.45, 2.75) is 33.2 Å². The van der Waals surface area contributed by atoms with Gasteiger partial charge in [-0.25, -0.2) is 0 Å². The molecule has 1 atom stereocenters. The highest BCUT2D eigenvalue weighted by molar-refractivity contribution is 5.67. The molecule has 19 heavy (non-hydrogen) atoms. The minimum atomic E-state index is -0.759. The van der Waals surface area contributed by atoms with Crippen molar-refractivity contribution in [2.75, 3.05) is 19.7 Å². The second-order valence-electron chi connectivity index (χ2n) is 4.74. The zero-order valence-electron chi connectivity index (χ0n) is 11.9. The normalized spacial score (nSPS) is 12.4. The molecule has 1 rings (SSSR count). The van der Waals surface area contributed by atoms with E-state index in [1.165, 1.54) is 5.56 Å². The Balaban J connectivity index is 2.37. The molecule has 1 N–H and O–H groups in total. The van der Waals surface area contributed by atoms with Gasteiger partial charge in [0.2, 0.25) is 0 Å². The number of benzene rings is 1. The fourth-order valence-corrected chi connectivity index (χ4v) is 1.99. The summed E-state index contributed by atoms with van der Waals surface area (Å²) in [5, 5.41) is 8.80. The summed E-state index contributed by atoms with van der Waals surface area (Å²) in [7, 11) is 0. The van der Waals surface area contributed by atoms with Gasteiger partial charge >= 0.3 is 5.97 Å². The van der Waals surface area contributed by atoms with Gasteiger partial charge < -0.3 is 9.84 Å². The minimum Gasteiger partial charge on any atom is -0.492 e. The van der Waals surface area contributed by atoms with Gasteiger partial charge in [-0.1, -0.05) is 24.6 Å². The van der Waals surface area contributed by atoms with E-state index >= 15 is 0 Å². The van der Waals surface area contributed by atoms with Crippen LogP contribution in [0.3, 0.4) is 0 Å². The highest BCUT2D eigenvalue weighted by Gasteiger charge is 2.15. The maximum Gasteiger partial charge on any atom is 0.304 e. The monoisotopic (exact) mass is 265 g/mol. The van der Waals surface area contributed by atoms with Crippen molar-refractivity contribution in [2.24, 2.45) is 0 Å². The van der Waals surface area contributed by atoms with Crippen LogP contribution < -0.4 is 4.74 Å². The second kappa shape index (κ2) is 7.79. The van der Waals surface area contributed by atoms with Crippen molar-refractivity contribution in [1.82, 2.24) is 4.90 Å². The highest BCUT2D eigenvalue weighted by Crippen LogP contribution is 2.11. The molecule has 106 valence electrons. The third-order valence-electron chi connectivity index (χ3n) is 3.17. The molecular formula is C15H23NO3. The molecule has 0 aliphatic heterocycles. The molecule has 1 aromatic rings. The zero-order chi connectivity index (χ0) is 14.3. The lowest BCUT2D eigenvalue weighted by Gasteiger charge is -2.26. The first-order chi connectivity index (χ1) is 9.02. The van der Waals surface area contributed by atoms with Crippen LogP contribution in [-0.4, -0.2) is 41.7 Å². The number of aliphatic carboxylic acids is 1. The summed E-state index contributed by atoms with van der Waals surface area (Å²) in [6.07, 6.45) is 0.165. The third-order valence-corrected chi connectivity index (χ3v) is 3.17. The summed E-state index contributed by atoms with van der Waals surface area (Å²) < 4.78 is 5.66. The SMILES string of the molecule is CCN(CCOc1ccc(C)cc1)C(C)CC(=O)O. The Labute approximate surface area is 115 Å². The lowest BCUT2D eigenvalue weighted by molar-refractivity contribution is -0.138. The molecule has 0 saturated carbocycles. The van der Waals surface area contributed by atoms with Gasteiger partial charge in [0.1, 0.15) is 12.4 Å². The standard InChI is InChI=1S/C15H23NO3/c1-4-16(13(3)11-15(17)18)9-10-19-14-7-5-12(2)6-8-14/h5-8,13H,4,9-11H2,1-3H3,(H,17,18). The van der Waals surface area contributed by atoms with E-state index in [1.54, 1.807) is 0 Å². The third kappa shape index (κ3) is 5.75. The van der Waals surface area contributed by atoms with Crippen LogP contribution in [-0.2, 0) is 4.79 Å². The van der Waals surface area contributed by atoms with Crippen LogP contribution in [0.15, 0.2) is 24.3 Å². The smallest absolute Gasteiger partial charge is 0.304 e. The first-order valence-electron chi connectivity index (χ1n) is 6.68. The number of hydrogen-bond donors (Lipinski definition) is 1. The van der Waals surface area contributed by atoms with Gasteiger partial charge in [0, 0.05) is 12.6 Å². The van der Waals surface area contributed by atoms with Crippen molar-refractivity contribution >= 4 is 5.97 Å². The van der Waals surface area contributed by atoms with Crippen molar-refractivity contribution in [3.8, 4) is 5.75 Å². The van der Waals surface area contributed by atoms with E-state index in [2.05, 4.69) is 4.90 Å². The Hall–Kier alpha value is -1.55. The van der Waals surface area contributed by atoms with Gasteiger partial charge in [-0.05, 0) is 32.5 Å². The molecule has 4 nitrogen and oxygen atoms in total. The van der Waals surface area contributed by atoms with Crippen molar-refractivity contribution in [1.29, 1.82) is 0 Å². The summed E-state index contributed by atoms with van der Waals surface area (Å²) >= 11 is 0. The predicted molar refractivity (Wildman–Crippen MR) is 75.6 cm³/mol. The van der Waals surface area contributed by atoms with Crippen molar-refractivity contribution in [3.63, 3.8) is 0 Å². The lowest BCUT2D eigenvalue weighted by atomic mass is 10.2. The average Bonchev–Trinajstić information content (AvgIpc) is 2.36. The number of likely N-dealkylation sites (N-methyl/N-ethyl adjacent to an activating group) is 1. The molecular weight excluding hydrogens is 242 g/mol. The van der Waals surface area contributed by atoms with Crippen molar-refractivity contribution in [3.05, 3.63) is 29.8 Å². The van der Waals surface area contributed by atoms with E-state index < -0.39 is 5.97 Å². The largest absolute Gasteiger partial charge is 0.492 e. The summed E-state index contributed by atoms with van der Waals surface area (Å²) in [4.78, 5) is 12.8. The number of carboxylic acid groups (broad SMARTS) is 1. The van der Waals surface area contributed by atoms with Crippen LogP contribution in [0.1, 0.15) is 25.8 Å². The average molecular weight is 265 g/mol. The molecule has 0 saturated heterocycles. The molecule has 0 aliphatic carbocycles. The van der Waals surface area contributed by atoms with Crippen LogP contribution in [0.2, 0.25) is 0 Å². The Morgan fingerprint density at radius 1 is 1.37 bits per heavy atom. The minimum absolute atomic E-state index is 0.0316. The number of carbonyl (C=O) groups is 1. The molecule has 0 aromatic heterocycles. The Kier molecular flexibility index (Phi) is 6.36. The molecule has 0 amide bonds.